The molecule has 1 aromatic carbocycles. The van der Waals surface area contributed by atoms with E-state index in [9.17, 15) is 0 Å². The number of hydrogen-bond donors (Lipinski definition) is 0. The van der Waals surface area contributed by atoms with E-state index in [0.717, 1.165) is 19.6 Å². The lowest BCUT2D eigenvalue weighted by Crippen LogP contribution is -2.41. The van der Waals surface area contributed by atoms with Crippen molar-refractivity contribution >= 4 is 0 Å². The molecule has 2 heterocycles. The Labute approximate surface area is 116 Å². The first-order valence-electron chi connectivity index (χ1n) is 7.48. The van der Waals surface area contributed by atoms with Crippen LogP contribution in [0, 0.1) is 0 Å². The summed E-state index contributed by atoms with van der Waals surface area (Å²) in [4.78, 5) is 2.55. The quantitative estimate of drug-likeness (QED) is 0.807. The molecule has 3 rings (SSSR count). The van der Waals surface area contributed by atoms with Gasteiger partial charge < -0.3 is 4.74 Å². The molecule has 0 aliphatic carbocycles. The average molecular weight is 259 g/mol. The zero-order chi connectivity index (χ0) is 13.5. The van der Waals surface area contributed by atoms with Crippen LogP contribution in [0.1, 0.15) is 44.7 Å². The predicted octanol–water partition coefficient (Wildman–Crippen LogP) is 3.35. The van der Waals surface area contributed by atoms with Gasteiger partial charge in [-0.25, -0.2) is 0 Å². The highest BCUT2D eigenvalue weighted by molar-refractivity contribution is 5.27. The van der Waals surface area contributed by atoms with Gasteiger partial charge in [0.2, 0.25) is 0 Å². The maximum absolute atomic E-state index is 5.89. The summed E-state index contributed by atoms with van der Waals surface area (Å²) < 4.78 is 5.89. The average Bonchev–Trinajstić information content (AvgIpc) is 2.68. The molecular weight excluding hydrogens is 234 g/mol. The topological polar surface area (TPSA) is 12.5 Å². The minimum absolute atomic E-state index is 0.247. The molecule has 2 unspecified atom stereocenters. The van der Waals surface area contributed by atoms with Gasteiger partial charge in [0.05, 0.1) is 12.2 Å². The summed E-state index contributed by atoms with van der Waals surface area (Å²) in [6.07, 6.45) is 3.49. The van der Waals surface area contributed by atoms with E-state index in [1.807, 2.05) is 0 Å². The Bertz CT molecular complexity index is 420. The van der Waals surface area contributed by atoms with Gasteiger partial charge in [0.25, 0.3) is 0 Å². The normalized spacial score (nSPS) is 27.7. The molecule has 2 nitrogen and oxygen atoms in total. The van der Waals surface area contributed by atoms with Crippen LogP contribution in [0.15, 0.2) is 24.3 Å². The molecule has 104 valence electrons. The van der Waals surface area contributed by atoms with E-state index in [1.54, 1.807) is 0 Å². The number of nitrogens with zero attached hydrogens (tertiary/aromatic N) is 1. The fourth-order valence-electron chi connectivity index (χ4n) is 3.20. The maximum Gasteiger partial charge on any atom is 0.0707 e. The largest absolute Gasteiger partial charge is 0.372 e. The molecule has 19 heavy (non-hydrogen) atoms. The second kappa shape index (κ2) is 4.92. The van der Waals surface area contributed by atoms with Crippen LogP contribution in [0.25, 0.3) is 0 Å². The molecule has 1 aromatic rings. The number of rotatable bonds is 2. The fraction of sp³-hybridized carbons (Fsp3) is 0.647. The molecule has 2 atom stereocenters. The van der Waals surface area contributed by atoms with E-state index >= 15 is 0 Å². The molecule has 0 saturated carbocycles. The highest BCUT2D eigenvalue weighted by Crippen LogP contribution is 2.27. The van der Waals surface area contributed by atoms with Crippen molar-refractivity contribution in [3.8, 4) is 0 Å². The first kappa shape index (κ1) is 13.1. The lowest BCUT2D eigenvalue weighted by Gasteiger charge is -2.32. The summed E-state index contributed by atoms with van der Waals surface area (Å²) in [7, 11) is 0. The van der Waals surface area contributed by atoms with E-state index in [-0.39, 0.29) is 5.41 Å². The number of hydrogen-bond acceptors (Lipinski definition) is 2. The van der Waals surface area contributed by atoms with Crippen LogP contribution in [0.3, 0.4) is 0 Å². The minimum atomic E-state index is 0.247. The number of ether oxygens (including phenoxy) is 1. The van der Waals surface area contributed by atoms with Crippen molar-refractivity contribution in [2.75, 3.05) is 13.1 Å². The first-order valence-corrected chi connectivity index (χ1v) is 7.48. The van der Waals surface area contributed by atoms with Gasteiger partial charge in [0.15, 0.2) is 0 Å². The molecule has 0 N–H and O–H groups in total. The molecule has 0 spiro atoms. The monoisotopic (exact) mass is 259 g/mol. The lowest BCUT2D eigenvalue weighted by molar-refractivity contribution is -0.0410. The molecule has 2 heteroatoms. The Balaban J connectivity index is 1.64. The van der Waals surface area contributed by atoms with Crippen molar-refractivity contribution < 1.29 is 4.74 Å². The first-order chi connectivity index (χ1) is 9.00. The summed E-state index contributed by atoms with van der Waals surface area (Å²) in [6.45, 7) is 10.1. The summed E-state index contributed by atoms with van der Waals surface area (Å²) in [5.41, 5.74) is 3.09. The van der Waals surface area contributed by atoms with Crippen molar-refractivity contribution in [1.82, 2.24) is 4.90 Å². The Hall–Kier alpha value is -0.860. The summed E-state index contributed by atoms with van der Waals surface area (Å²) in [5.74, 6) is 0. The van der Waals surface area contributed by atoms with Gasteiger partial charge in [0.1, 0.15) is 0 Å². The SMILES string of the molecule is CC(C)(C)c1ccc(CN2CC3CCC(C2)O3)cc1. The molecule has 2 aliphatic rings. The van der Waals surface area contributed by atoms with Gasteiger partial charge in [0, 0.05) is 19.6 Å². The minimum Gasteiger partial charge on any atom is -0.372 e. The smallest absolute Gasteiger partial charge is 0.0707 e. The highest BCUT2D eigenvalue weighted by atomic mass is 16.5. The Morgan fingerprint density at radius 1 is 1.05 bits per heavy atom. The predicted molar refractivity (Wildman–Crippen MR) is 78.3 cm³/mol. The van der Waals surface area contributed by atoms with E-state index < -0.39 is 0 Å². The zero-order valence-electron chi connectivity index (χ0n) is 12.4. The Kier molecular flexibility index (Phi) is 3.40. The Morgan fingerprint density at radius 3 is 2.16 bits per heavy atom. The number of fused-ring (bicyclic) bond motifs is 2. The third kappa shape index (κ3) is 3.01. The highest BCUT2D eigenvalue weighted by Gasteiger charge is 2.33. The van der Waals surface area contributed by atoms with Gasteiger partial charge >= 0.3 is 0 Å². The van der Waals surface area contributed by atoms with Crippen molar-refractivity contribution in [2.45, 2.75) is 57.8 Å². The fourth-order valence-corrected chi connectivity index (χ4v) is 3.20. The molecular formula is C17H25NO. The maximum atomic E-state index is 5.89. The van der Waals surface area contributed by atoms with Crippen molar-refractivity contribution in [3.63, 3.8) is 0 Å². The van der Waals surface area contributed by atoms with Crippen molar-refractivity contribution in [1.29, 1.82) is 0 Å². The van der Waals surface area contributed by atoms with Crippen molar-refractivity contribution in [3.05, 3.63) is 35.4 Å². The van der Waals surface area contributed by atoms with Gasteiger partial charge in [-0.05, 0) is 29.4 Å². The van der Waals surface area contributed by atoms with E-state index in [0.29, 0.717) is 12.2 Å². The second-order valence-electron chi connectivity index (χ2n) is 7.10. The van der Waals surface area contributed by atoms with E-state index in [2.05, 4.69) is 49.9 Å². The number of likely N-dealkylation sites (tertiary alicyclic amines) is 1. The summed E-state index contributed by atoms with van der Waals surface area (Å²) in [5, 5.41) is 0. The van der Waals surface area contributed by atoms with Crippen LogP contribution < -0.4 is 0 Å². The number of morpholine rings is 1. The van der Waals surface area contributed by atoms with Gasteiger partial charge in [-0.1, -0.05) is 45.0 Å². The molecule has 0 radical (unpaired) electrons. The van der Waals surface area contributed by atoms with Crippen LogP contribution in [0.5, 0.6) is 0 Å². The van der Waals surface area contributed by atoms with Crippen LogP contribution in [-0.2, 0) is 16.7 Å². The van der Waals surface area contributed by atoms with Crippen LogP contribution in [0.2, 0.25) is 0 Å². The van der Waals surface area contributed by atoms with Crippen LogP contribution in [0.4, 0.5) is 0 Å². The third-order valence-electron chi connectivity index (χ3n) is 4.35. The van der Waals surface area contributed by atoms with Crippen LogP contribution >= 0.6 is 0 Å². The molecule has 2 aliphatic heterocycles. The molecule has 2 saturated heterocycles. The van der Waals surface area contributed by atoms with Gasteiger partial charge in [-0.15, -0.1) is 0 Å². The summed E-state index contributed by atoms with van der Waals surface area (Å²) in [6, 6.07) is 9.14. The van der Waals surface area contributed by atoms with E-state index in [4.69, 9.17) is 4.74 Å². The van der Waals surface area contributed by atoms with Gasteiger partial charge in [-0.3, -0.25) is 4.90 Å². The molecule has 2 bridgehead atoms. The molecule has 2 fully saturated rings. The summed E-state index contributed by atoms with van der Waals surface area (Å²) >= 11 is 0. The van der Waals surface area contributed by atoms with Crippen molar-refractivity contribution in [2.24, 2.45) is 0 Å². The third-order valence-corrected chi connectivity index (χ3v) is 4.35. The standard InChI is InChI=1S/C17H25NO/c1-17(2,3)14-6-4-13(5-7-14)10-18-11-15-8-9-16(12-18)19-15/h4-7,15-16H,8-12H2,1-3H3. The Morgan fingerprint density at radius 2 is 1.63 bits per heavy atom. The second-order valence-corrected chi connectivity index (χ2v) is 7.10. The van der Waals surface area contributed by atoms with E-state index in [1.165, 1.54) is 24.0 Å². The lowest BCUT2D eigenvalue weighted by atomic mass is 9.87. The van der Waals surface area contributed by atoms with Crippen LogP contribution in [-0.4, -0.2) is 30.2 Å². The molecule has 0 aromatic heterocycles. The zero-order valence-corrected chi connectivity index (χ0v) is 12.4. The van der Waals surface area contributed by atoms with Gasteiger partial charge in [-0.2, -0.15) is 0 Å². The number of benzene rings is 1. The molecule has 0 amide bonds.